The van der Waals surface area contributed by atoms with Gasteiger partial charge in [-0.05, 0) is 71.8 Å². The number of carboxylic acids is 1. The van der Waals surface area contributed by atoms with E-state index in [2.05, 4.69) is 4.99 Å². The average Bonchev–Trinajstić information content (AvgIpc) is 2.82. The second-order valence-corrected chi connectivity index (χ2v) is 6.55. The Labute approximate surface area is 185 Å². The molecular formula is C25H21NO6. The van der Waals surface area contributed by atoms with Gasteiger partial charge in [-0.2, -0.15) is 0 Å². The standard InChI is InChI=1S/C25H21NO6/c1-30-21-11-3-17(4-12-21)6-14-24(27)32-22-13-5-18(15-23(22)31-2)16-26-20-9-7-19(8-10-20)25(28)29/h3-16H,1-2H3,(H,28,29)/b14-6+,26-16+. The van der Waals surface area contributed by atoms with Gasteiger partial charge in [0.05, 0.1) is 25.5 Å². The summed E-state index contributed by atoms with van der Waals surface area (Å²) in [5, 5.41) is 8.94. The number of aromatic carboxylic acids is 1. The minimum atomic E-state index is -0.991. The maximum atomic E-state index is 12.2. The Kier molecular flexibility index (Phi) is 7.37. The SMILES string of the molecule is COc1ccc(/C=C/C(=O)Oc2ccc(/C=N/c3ccc(C(=O)O)cc3)cc2OC)cc1. The lowest BCUT2D eigenvalue weighted by Gasteiger charge is -2.08. The number of carboxylic acid groups (broad SMARTS) is 1. The molecule has 7 nitrogen and oxygen atoms in total. The van der Waals surface area contributed by atoms with Crippen LogP contribution in [0.5, 0.6) is 17.2 Å². The van der Waals surface area contributed by atoms with Crippen molar-refractivity contribution in [3.05, 3.63) is 89.5 Å². The minimum Gasteiger partial charge on any atom is -0.497 e. The van der Waals surface area contributed by atoms with Crippen molar-refractivity contribution in [1.82, 2.24) is 0 Å². The number of hydrogen-bond donors (Lipinski definition) is 1. The molecule has 32 heavy (non-hydrogen) atoms. The number of benzene rings is 3. The Bertz CT molecular complexity index is 1150. The van der Waals surface area contributed by atoms with Crippen LogP contribution >= 0.6 is 0 Å². The van der Waals surface area contributed by atoms with Crippen LogP contribution in [-0.2, 0) is 4.79 Å². The second-order valence-electron chi connectivity index (χ2n) is 6.55. The normalized spacial score (nSPS) is 10.9. The molecule has 0 radical (unpaired) electrons. The number of aliphatic imine (C=N–C) groups is 1. The van der Waals surface area contributed by atoms with Crippen LogP contribution in [0.25, 0.3) is 6.08 Å². The first kappa shape index (κ1) is 22.3. The van der Waals surface area contributed by atoms with E-state index in [0.717, 1.165) is 16.9 Å². The van der Waals surface area contributed by atoms with Gasteiger partial charge in [0.25, 0.3) is 0 Å². The van der Waals surface area contributed by atoms with Crippen LogP contribution in [0.2, 0.25) is 0 Å². The summed E-state index contributed by atoms with van der Waals surface area (Å²) in [6, 6.07) is 18.5. The summed E-state index contributed by atoms with van der Waals surface area (Å²) in [6.45, 7) is 0. The first-order chi connectivity index (χ1) is 15.5. The fourth-order valence-corrected chi connectivity index (χ4v) is 2.71. The van der Waals surface area contributed by atoms with Gasteiger partial charge in [0, 0.05) is 12.3 Å². The zero-order valence-electron chi connectivity index (χ0n) is 17.5. The number of esters is 1. The third-order valence-corrected chi connectivity index (χ3v) is 4.40. The largest absolute Gasteiger partial charge is 0.497 e. The van der Waals surface area contributed by atoms with Gasteiger partial charge in [-0.1, -0.05) is 12.1 Å². The zero-order valence-corrected chi connectivity index (χ0v) is 17.5. The van der Waals surface area contributed by atoms with Crippen molar-refractivity contribution < 1.29 is 28.9 Å². The highest BCUT2D eigenvalue weighted by molar-refractivity contribution is 5.90. The maximum Gasteiger partial charge on any atom is 0.336 e. The number of carbonyl (C=O) groups is 2. The van der Waals surface area contributed by atoms with Crippen LogP contribution in [0, 0.1) is 0 Å². The zero-order chi connectivity index (χ0) is 22.9. The van der Waals surface area contributed by atoms with E-state index < -0.39 is 11.9 Å². The van der Waals surface area contributed by atoms with Crippen molar-refractivity contribution in [2.45, 2.75) is 0 Å². The van der Waals surface area contributed by atoms with Crippen molar-refractivity contribution in [2.24, 2.45) is 4.99 Å². The molecule has 0 fully saturated rings. The van der Waals surface area contributed by atoms with Crippen molar-refractivity contribution >= 4 is 29.9 Å². The fourth-order valence-electron chi connectivity index (χ4n) is 2.71. The number of nitrogens with zero attached hydrogens (tertiary/aromatic N) is 1. The Morgan fingerprint density at radius 1 is 0.844 bits per heavy atom. The Morgan fingerprint density at radius 3 is 2.16 bits per heavy atom. The second kappa shape index (κ2) is 10.6. The highest BCUT2D eigenvalue weighted by Gasteiger charge is 2.09. The highest BCUT2D eigenvalue weighted by Crippen LogP contribution is 2.28. The van der Waals surface area contributed by atoms with Gasteiger partial charge in [-0.15, -0.1) is 0 Å². The molecule has 0 saturated carbocycles. The Morgan fingerprint density at radius 2 is 1.53 bits per heavy atom. The van der Waals surface area contributed by atoms with Gasteiger partial charge in [0.15, 0.2) is 11.5 Å². The number of rotatable bonds is 8. The molecule has 0 spiro atoms. The van der Waals surface area contributed by atoms with E-state index in [-0.39, 0.29) is 11.3 Å². The average molecular weight is 431 g/mol. The topological polar surface area (TPSA) is 94.4 Å². The van der Waals surface area contributed by atoms with E-state index in [1.807, 2.05) is 12.1 Å². The summed E-state index contributed by atoms with van der Waals surface area (Å²) in [4.78, 5) is 27.4. The van der Waals surface area contributed by atoms with Crippen molar-refractivity contribution in [1.29, 1.82) is 0 Å². The van der Waals surface area contributed by atoms with Crippen LogP contribution in [-0.4, -0.2) is 37.5 Å². The summed E-state index contributed by atoms with van der Waals surface area (Å²) in [7, 11) is 3.07. The lowest BCUT2D eigenvalue weighted by Crippen LogP contribution is -2.05. The van der Waals surface area contributed by atoms with E-state index in [9.17, 15) is 9.59 Å². The molecule has 0 amide bonds. The van der Waals surface area contributed by atoms with Gasteiger partial charge < -0.3 is 19.3 Å². The molecule has 0 aliphatic carbocycles. The van der Waals surface area contributed by atoms with Crippen molar-refractivity contribution in [2.75, 3.05) is 14.2 Å². The number of ether oxygens (including phenoxy) is 3. The number of methoxy groups -OCH3 is 2. The van der Waals surface area contributed by atoms with E-state index in [4.69, 9.17) is 19.3 Å². The molecule has 0 unspecified atom stereocenters. The molecule has 0 aromatic heterocycles. The third kappa shape index (κ3) is 6.06. The van der Waals surface area contributed by atoms with Crippen molar-refractivity contribution in [3.8, 4) is 17.2 Å². The first-order valence-corrected chi connectivity index (χ1v) is 9.58. The fraction of sp³-hybridized carbons (Fsp3) is 0.0800. The smallest absolute Gasteiger partial charge is 0.336 e. The van der Waals surface area contributed by atoms with E-state index in [1.165, 1.54) is 25.3 Å². The van der Waals surface area contributed by atoms with E-state index >= 15 is 0 Å². The van der Waals surface area contributed by atoms with Crippen LogP contribution in [0.4, 0.5) is 5.69 Å². The molecule has 0 atom stereocenters. The molecule has 3 aromatic carbocycles. The maximum absolute atomic E-state index is 12.2. The predicted molar refractivity (Wildman–Crippen MR) is 121 cm³/mol. The molecule has 0 heterocycles. The molecule has 162 valence electrons. The molecular weight excluding hydrogens is 410 g/mol. The first-order valence-electron chi connectivity index (χ1n) is 9.58. The quantitative estimate of drug-likeness (QED) is 0.239. The molecule has 0 saturated heterocycles. The van der Waals surface area contributed by atoms with Crippen molar-refractivity contribution in [3.63, 3.8) is 0 Å². The molecule has 3 rings (SSSR count). The molecule has 3 aromatic rings. The van der Waals surface area contributed by atoms with Crippen LogP contribution in [0.15, 0.2) is 77.8 Å². The van der Waals surface area contributed by atoms with Crippen LogP contribution in [0.3, 0.4) is 0 Å². The summed E-state index contributed by atoms with van der Waals surface area (Å²) >= 11 is 0. The van der Waals surface area contributed by atoms with Gasteiger partial charge in [0.1, 0.15) is 5.75 Å². The predicted octanol–water partition coefficient (Wildman–Crippen LogP) is 4.77. The minimum absolute atomic E-state index is 0.192. The summed E-state index contributed by atoms with van der Waals surface area (Å²) in [5.41, 5.74) is 2.35. The van der Waals surface area contributed by atoms with Gasteiger partial charge in [-0.25, -0.2) is 9.59 Å². The van der Waals surface area contributed by atoms with Crippen LogP contribution in [0.1, 0.15) is 21.5 Å². The lowest BCUT2D eigenvalue weighted by molar-refractivity contribution is -0.129. The molecule has 0 bridgehead atoms. The third-order valence-electron chi connectivity index (χ3n) is 4.40. The summed E-state index contributed by atoms with van der Waals surface area (Å²) in [6.07, 6.45) is 4.58. The number of carbonyl (C=O) groups excluding carboxylic acids is 1. The Balaban J connectivity index is 1.66. The lowest BCUT2D eigenvalue weighted by atomic mass is 10.2. The molecule has 0 aliphatic rings. The van der Waals surface area contributed by atoms with E-state index in [1.54, 1.807) is 61.9 Å². The molecule has 0 aliphatic heterocycles. The Hall–Kier alpha value is -4.39. The summed E-state index contributed by atoms with van der Waals surface area (Å²) < 4.78 is 15.8. The van der Waals surface area contributed by atoms with Gasteiger partial charge in [-0.3, -0.25) is 4.99 Å². The highest BCUT2D eigenvalue weighted by atomic mass is 16.6. The molecule has 1 N–H and O–H groups in total. The monoisotopic (exact) mass is 431 g/mol. The van der Waals surface area contributed by atoms with Gasteiger partial charge >= 0.3 is 11.9 Å². The van der Waals surface area contributed by atoms with E-state index in [0.29, 0.717) is 11.4 Å². The van der Waals surface area contributed by atoms with Crippen LogP contribution < -0.4 is 14.2 Å². The number of hydrogen-bond acceptors (Lipinski definition) is 6. The molecule has 7 heteroatoms. The van der Waals surface area contributed by atoms with Gasteiger partial charge in [0.2, 0.25) is 0 Å². The summed E-state index contributed by atoms with van der Waals surface area (Å²) in [5.74, 6) is -0.148.